The zero-order chi connectivity index (χ0) is 25.0. The van der Waals surface area contributed by atoms with Crippen molar-refractivity contribution < 1.29 is 9.59 Å². The van der Waals surface area contributed by atoms with Crippen molar-refractivity contribution in [3.8, 4) is 11.4 Å². The number of carbonyl (C=O) groups excluding carboxylic acids is 2. The molecule has 0 radical (unpaired) electrons. The van der Waals surface area contributed by atoms with Crippen LogP contribution < -0.4 is 5.43 Å². The predicted octanol–water partition coefficient (Wildman–Crippen LogP) is 7.33. The first-order valence-corrected chi connectivity index (χ1v) is 12.4. The molecule has 1 aliphatic heterocycles. The lowest BCUT2D eigenvalue weighted by Gasteiger charge is -2.44. The third-order valence-electron chi connectivity index (χ3n) is 5.58. The molecule has 1 saturated heterocycles. The maximum Gasteiger partial charge on any atom is 0.272 e. The fraction of sp³-hybridized carbons (Fsp3) is 0.0870. The summed E-state index contributed by atoms with van der Waals surface area (Å²) < 4.78 is 0. The first kappa shape index (κ1) is 24.5. The van der Waals surface area contributed by atoms with E-state index in [0.717, 1.165) is 5.01 Å². The number of aromatic nitrogens is 2. The number of hydrogen-bond acceptors (Lipinski definition) is 3. The molecule has 3 aromatic carbocycles. The molecular weight excluding hydrogens is 577 g/mol. The molecule has 12 heteroatoms. The number of fused-ring (bicyclic) bond motifs is 1. The lowest BCUT2D eigenvalue weighted by atomic mass is 9.95. The summed E-state index contributed by atoms with van der Waals surface area (Å²) in [4.78, 5) is 33.7. The molecular formula is C23H12Cl6N4O2. The van der Waals surface area contributed by atoms with Gasteiger partial charge in [-0.2, -0.15) is 0 Å². The second-order valence-corrected chi connectivity index (χ2v) is 10.1. The number of alkyl halides is 1. The molecule has 2 N–H and O–H groups in total. The fourth-order valence-electron chi connectivity index (χ4n) is 3.86. The number of benzene rings is 3. The summed E-state index contributed by atoms with van der Waals surface area (Å²) in [7, 11) is 0. The fourth-order valence-corrected chi connectivity index (χ4v) is 5.38. The van der Waals surface area contributed by atoms with E-state index in [2.05, 4.69) is 15.4 Å². The molecule has 0 bridgehead atoms. The van der Waals surface area contributed by atoms with E-state index in [1.54, 1.807) is 30.3 Å². The molecule has 4 aromatic rings. The van der Waals surface area contributed by atoms with Gasteiger partial charge in [0.25, 0.3) is 11.8 Å². The summed E-state index contributed by atoms with van der Waals surface area (Å²) in [5.74, 6) is -0.990. The number of hydrazine groups is 1. The highest BCUT2D eigenvalue weighted by molar-refractivity contribution is 6.54. The Hall–Kier alpha value is -2.19. The quantitative estimate of drug-likeness (QED) is 0.113. The van der Waals surface area contributed by atoms with E-state index < -0.39 is 23.2 Å². The largest absolute Gasteiger partial charge is 0.338 e. The van der Waals surface area contributed by atoms with E-state index in [1.807, 2.05) is 18.2 Å². The molecule has 0 saturated carbocycles. The summed E-state index contributed by atoms with van der Waals surface area (Å²) in [5, 5.41) is 0.455. The molecule has 35 heavy (non-hydrogen) atoms. The standard InChI is InChI=1S/C23H12Cl6N4O2/c24-10-7-5-9(6-8-10)20-19(29)23(35)33(20)32-22(34)14-13(15(25)17(27)18(28)16(14)26)21-30-11-3-1-2-4-12(11)31-21/h1-8,19-20H,(H,30,31)(H,32,34). The van der Waals surface area contributed by atoms with Crippen molar-refractivity contribution in [3.05, 3.63) is 84.8 Å². The minimum absolute atomic E-state index is 0.0234. The van der Waals surface area contributed by atoms with Gasteiger partial charge in [-0.05, 0) is 29.8 Å². The number of para-hydroxylation sites is 2. The smallest absolute Gasteiger partial charge is 0.272 e. The zero-order valence-electron chi connectivity index (χ0n) is 17.3. The number of carbonyl (C=O) groups is 2. The van der Waals surface area contributed by atoms with E-state index in [1.165, 1.54) is 0 Å². The number of hydrogen-bond donors (Lipinski definition) is 2. The van der Waals surface area contributed by atoms with E-state index in [4.69, 9.17) is 69.6 Å². The van der Waals surface area contributed by atoms with Crippen molar-refractivity contribution in [3.63, 3.8) is 0 Å². The SMILES string of the molecule is O=C(NN1C(=O)C(Cl)C1c1ccc(Cl)cc1)c1c(Cl)c(Cl)c(Cl)c(Cl)c1-c1nc2ccccc2[nH]1. The number of β-lactam (4-membered cyclic amide) rings is 1. The topological polar surface area (TPSA) is 78.1 Å². The molecule has 178 valence electrons. The Morgan fingerprint density at radius 3 is 2.26 bits per heavy atom. The monoisotopic (exact) mass is 586 g/mol. The summed E-state index contributed by atoms with van der Waals surface area (Å²) in [5.41, 5.74) is 4.64. The molecule has 1 aromatic heterocycles. The highest BCUT2D eigenvalue weighted by Crippen LogP contribution is 2.46. The highest BCUT2D eigenvalue weighted by Gasteiger charge is 2.48. The van der Waals surface area contributed by atoms with Gasteiger partial charge in [0.15, 0.2) is 0 Å². The van der Waals surface area contributed by atoms with Crippen LogP contribution in [-0.2, 0) is 4.79 Å². The van der Waals surface area contributed by atoms with Crippen LogP contribution in [0, 0.1) is 0 Å². The normalized spacial score (nSPS) is 17.5. The Morgan fingerprint density at radius 2 is 1.57 bits per heavy atom. The second kappa shape index (κ2) is 9.36. The summed E-state index contributed by atoms with van der Waals surface area (Å²) in [6, 6.07) is 13.4. The van der Waals surface area contributed by atoms with Gasteiger partial charge >= 0.3 is 0 Å². The van der Waals surface area contributed by atoms with Crippen molar-refractivity contribution in [1.82, 2.24) is 20.4 Å². The van der Waals surface area contributed by atoms with Gasteiger partial charge < -0.3 is 4.98 Å². The first-order valence-electron chi connectivity index (χ1n) is 10.0. The number of H-pyrrole nitrogens is 1. The maximum absolute atomic E-state index is 13.5. The van der Waals surface area contributed by atoms with Gasteiger partial charge in [-0.3, -0.25) is 15.0 Å². The maximum atomic E-state index is 13.5. The molecule has 1 aliphatic rings. The van der Waals surface area contributed by atoms with Gasteiger partial charge in [0.05, 0.1) is 42.3 Å². The number of nitrogens with zero attached hydrogens (tertiary/aromatic N) is 2. The Kier molecular flexibility index (Phi) is 6.55. The van der Waals surface area contributed by atoms with Crippen LogP contribution in [0.25, 0.3) is 22.4 Å². The lowest BCUT2D eigenvalue weighted by Crippen LogP contribution is -2.63. The van der Waals surface area contributed by atoms with Crippen LogP contribution in [0.3, 0.4) is 0 Å². The van der Waals surface area contributed by atoms with Crippen molar-refractivity contribution in [2.45, 2.75) is 11.4 Å². The van der Waals surface area contributed by atoms with Crippen LogP contribution in [-0.4, -0.2) is 32.2 Å². The van der Waals surface area contributed by atoms with Gasteiger partial charge in [-0.15, -0.1) is 11.6 Å². The third kappa shape index (κ3) is 4.12. The molecule has 5 rings (SSSR count). The lowest BCUT2D eigenvalue weighted by molar-refractivity contribution is -0.149. The van der Waals surface area contributed by atoms with Crippen molar-refractivity contribution in [2.24, 2.45) is 0 Å². The minimum Gasteiger partial charge on any atom is -0.338 e. The number of imidazole rings is 1. The molecule has 0 aliphatic carbocycles. The Morgan fingerprint density at radius 1 is 0.914 bits per heavy atom. The second-order valence-electron chi connectivity index (χ2n) is 7.66. The summed E-state index contributed by atoms with van der Waals surface area (Å²) >= 11 is 37.8. The van der Waals surface area contributed by atoms with E-state index in [0.29, 0.717) is 21.6 Å². The van der Waals surface area contributed by atoms with Gasteiger partial charge in [0, 0.05) is 5.02 Å². The first-order chi connectivity index (χ1) is 16.7. The van der Waals surface area contributed by atoms with Crippen molar-refractivity contribution in [1.29, 1.82) is 0 Å². The Labute approximate surface area is 229 Å². The third-order valence-corrected chi connectivity index (χ3v) is 8.06. The number of amides is 2. The summed E-state index contributed by atoms with van der Waals surface area (Å²) in [6.07, 6.45) is 0. The number of nitrogens with one attached hydrogen (secondary N) is 2. The number of aromatic amines is 1. The minimum atomic E-state index is -0.876. The molecule has 1 fully saturated rings. The van der Waals surface area contributed by atoms with Crippen molar-refractivity contribution in [2.75, 3.05) is 0 Å². The van der Waals surface area contributed by atoms with Crippen molar-refractivity contribution >= 4 is 92.5 Å². The molecule has 6 nitrogen and oxygen atoms in total. The van der Waals surface area contributed by atoms with E-state index in [-0.39, 0.29) is 37.0 Å². The highest BCUT2D eigenvalue weighted by atomic mass is 35.5. The van der Waals surface area contributed by atoms with Crippen LogP contribution >= 0.6 is 69.6 Å². The number of rotatable bonds is 4. The van der Waals surface area contributed by atoms with Gasteiger partial charge in [-0.1, -0.05) is 82.3 Å². The average molecular weight is 589 g/mol. The Bertz CT molecular complexity index is 1470. The molecule has 2 atom stereocenters. The van der Waals surface area contributed by atoms with E-state index >= 15 is 0 Å². The predicted molar refractivity (Wildman–Crippen MR) is 140 cm³/mol. The average Bonchev–Trinajstić information content (AvgIpc) is 3.29. The van der Waals surface area contributed by atoms with Crippen LogP contribution in [0.4, 0.5) is 0 Å². The van der Waals surface area contributed by atoms with Gasteiger partial charge in [-0.25, -0.2) is 9.99 Å². The number of halogens is 6. The van der Waals surface area contributed by atoms with Crippen LogP contribution in [0.5, 0.6) is 0 Å². The molecule has 2 heterocycles. The molecule has 0 spiro atoms. The Balaban J connectivity index is 1.58. The van der Waals surface area contributed by atoms with Gasteiger partial charge in [0.2, 0.25) is 0 Å². The molecule has 2 unspecified atom stereocenters. The zero-order valence-corrected chi connectivity index (χ0v) is 21.8. The van der Waals surface area contributed by atoms with E-state index in [9.17, 15) is 9.59 Å². The molecule has 2 amide bonds. The summed E-state index contributed by atoms with van der Waals surface area (Å²) in [6.45, 7) is 0. The van der Waals surface area contributed by atoms with Crippen LogP contribution in [0.2, 0.25) is 25.1 Å². The van der Waals surface area contributed by atoms with Gasteiger partial charge in [0.1, 0.15) is 17.2 Å². The van der Waals surface area contributed by atoms with Crippen LogP contribution in [0.15, 0.2) is 48.5 Å². The van der Waals surface area contributed by atoms with Crippen LogP contribution in [0.1, 0.15) is 22.0 Å².